The van der Waals surface area contributed by atoms with E-state index in [-0.39, 0.29) is 17.4 Å². The average molecular weight is 406 g/mol. The van der Waals surface area contributed by atoms with Crippen LogP contribution in [-0.4, -0.2) is 21.2 Å². The number of hydrogen-bond acceptors (Lipinski definition) is 4. The van der Waals surface area contributed by atoms with E-state index in [1.165, 1.54) is 11.8 Å². The summed E-state index contributed by atoms with van der Waals surface area (Å²) in [6, 6.07) is 17.8. The zero-order chi connectivity index (χ0) is 20.4. The van der Waals surface area contributed by atoms with E-state index in [1.54, 1.807) is 4.57 Å². The second-order valence-corrected chi connectivity index (χ2v) is 8.12. The van der Waals surface area contributed by atoms with Crippen molar-refractivity contribution in [3.63, 3.8) is 0 Å². The lowest BCUT2D eigenvalue weighted by Gasteiger charge is -2.25. The monoisotopic (exact) mass is 405 g/mol. The molecule has 0 spiro atoms. The Hall–Kier alpha value is -2.86. The minimum absolute atomic E-state index is 0.0234. The van der Waals surface area contributed by atoms with E-state index >= 15 is 0 Å². The van der Waals surface area contributed by atoms with Crippen molar-refractivity contribution >= 4 is 23.4 Å². The number of aromatic nitrogens is 2. The molecule has 0 saturated heterocycles. The van der Waals surface area contributed by atoms with Gasteiger partial charge in [-0.3, -0.25) is 14.2 Å². The highest BCUT2D eigenvalue weighted by Gasteiger charge is 2.28. The highest BCUT2D eigenvalue weighted by Crippen LogP contribution is 2.30. The quantitative estimate of drug-likeness (QED) is 0.663. The molecule has 0 fully saturated rings. The Morgan fingerprint density at radius 3 is 2.66 bits per heavy atom. The molecule has 1 N–H and O–H groups in total. The summed E-state index contributed by atoms with van der Waals surface area (Å²) < 4.78 is 1.66. The minimum atomic E-state index is -0.289. The molecular weight excluding hydrogens is 382 g/mol. The maximum absolute atomic E-state index is 13.0. The Bertz CT molecular complexity index is 1110. The number of aryl methyl sites for hydroxylation is 1. The predicted octanol–water partition coefficient (Wildman–Crippen LogP) is 4.14. The first-order valence-corrected chi connectivity index (χ1v) is 10.8. The molecule has 148 valence electrons. The minimum Gasteiger partial charge on any atom is -0.325 e. The van der Waals surface area contributed by atoms with E-state index in [4.69, 9.17) is 0 Å². The van der Waals surface area contributed by atoms with E-state index in [1.807, 2.05) is 68.4 Å². The summed E-state index contributed by atoms with van der Waals surface area (Å²) in [6.07, 6.45) is 0.643. The zero-order valence-electron chi connectivity index (χ0n) is 16.5. The fourth-order valence-electron chi connectivity index (χ4n) is 3.66. The first kappa shape index (κ1) is 19.5. The van der Waals surface area contributed by atoms with Gasteiger partial charge in [0, 0.05) is 34.8 Å². The number of anilines is 1. The van der Waals surface area contributed by atoms with E-state index in [9.17, 15) is 9.59 Å². The predicted molar refractivity (Wildman–Crippen MR) is 117 cm³/mol. The SMILES string of the molecule is CCc1c(C)nc2n(c1=O)CC(C(=O)Nc1ccccc1-c1ccccc1)CS2. The summed E-state index contributed by atoms with van der Waals surface area (Å²) in [6.45, 7) is 4.20. The van der Waals surface area contributed by atoms with Crippen LogP contribution < -0.4 is 10.9 Å². The van der Waals surface area contributed by atoms with Gasteiger partial charge in [-0.25, -0.2) is 4.98 Å². The Kier molecular flexibility index (Phi) is 5.53. The van der Waals surface area contributed by atoms with Crippen molar-refractivity contribution in [2.24, 2.45) is 5.92 Å². The van der Waals surface area contributed by atoms with Gasteiger partial charge in [0.05, 0.1) is 5.92 Å². The molecule has 1 amide bonds. The molecule has 6 heteroatoms. The number of fused-ring (bicyclic) bond motifs is 1. The van der Waals surface area contributed by atoms with Gasteiger partial charge in [0.25, 0.3) is 5.56 Å². The van der Waals surface area contributed by atoms with Gasteiger partial charge in [0.2, 0.25) is 5.91 Å². The molecule has 1 aliphatic heterocycles. The fraction of sp³-hybridized carbons (Fsp3) is 0.261. The molecule has 3 aromatic rings. The fourth-order valence-corrected chi connectivity index (χ4v) is 4.78. The lowest BCUT2D eigenvalue weighted by atomic mass is 10.0. The first-order valence-electron chi connectivity index (χ1n) is 9.77. The standard InChI is InChI=1S/C23H23N3O2S/c1-3-18-15(2)24-23-26(22(18)28)13-17(14-29-23)21(27)25-20-12-8-7-11-19(20)16-9-5-4-6-10-16/h4-12,17H,3,13-14H2,1-2H3,(H,25,27). The number of thioether (sulfide) groups is 1. The van der Waals surface area contributed by atoms with Crippen LogP contribution in [0.15, 0.2) is 64.5 Å². The normalized spacial score (nSPS) is 15.6. The first-order chi connectivity index (χ1) is 14.1. The van der Waals surface area contributed by atoms with Crippen LogP contribution in [-0.2, 0) is 17.8 Å². The molecule has 4 rings (SSSR count). The maximum atomic E-state index is 13.0. The Labute approximate surface area is 174 Å². The molecule has 1 unspecified atom stereocenters. The van der Waals surface area contributed by atoms with Gasteiger partial charge in [-0.15, -0.1) is 0 Å². The number of amides is 1. The van der Waals surface area contributed by atoms with Crippen molar-refractivity contribution in [2.45, 2.75) is 32.0 Å². The van der Waals surface area contributed by atoms with Crippen LogP contribution in [0.2, 0.25) is 0 Å². The molecular formula is C23H23N3O2S. The third-order valence-corrected chi connectivity index (χ3v) is 6.38. The van der Waals surface area contributed by atoms with Crippen LogP contribution in [0.3, 0.4) is 0 Å². The number of rotatable bonds is 4. The molecule has 5 nitrogen and oxygen atoms in total. The van der Waals surface area contributed by atoms with E-state index in [2.05, 4.69) is 10.3 Å². The van der Waals surface area contributed by atoms with Gasteiger partial charge < -0.3 is 5.32 Å². The zero-order valence-corrected chi connectivity index (χ0v) is 17.3. The molecule has 0 radical (unpaired) electrons. The van der Waals surface area contributed by atoms with E-state index in [0.717, 1.165) is 28.1 Å². The second kappa shape index (κ2) is 8.25. The van der Waals surface area contributed by atoms with Crippen molar-refractivity contribution in [1.82, 2.24) is 9.55 Å². The Balaban J connectivity index is 1.58. The largest absolute Gasteiger partial charge is 0.325 e. The second-order valence-electron chi connectivity index (χ2n) is 7.14. The highest BCUT2D eigenvalue weighted by atomic mass is 32.2. The molecule has 0 bridgehead atoms. The van der Waals surface area contributed by atoms with Gasteiger partial charge in [-0.1, -0.05) is 67.2 Å². The van der Waals surface area contributed by atoms with Crippen molar-refractivity contribution in [1.29, 1.82) is 0 Å². The Morgan fingerprint density at radius 2 is 1.90 bits per heavy atom. The van der Waals surface area contributed by atoms with E-state index < -0.39 is 0 Å². The number of carbonyl (C=O) groups is 1. The number of nitrogens with one attached hydrogen (secondary N) is 1. The lowest BCUT2D eigenvalue weighted by Crippen LogP contribution is -2.38. The molecule has 0 aliphatic carbocycles. The summed E-state index contributed by atoms with van der Waals surface area (Å²) in [5, 5.41) is 3.79. The molecule has 1 aromatic heterocycles. The van der Waals surface area contributed by atoms with Gasteiger partial charge in [-0.2, -0.15) is 0 Å². The number of para-hydroxylation sites is 1. The van der Waals surface area contributed by atoms with Crippen molar-refractivity contribution < 1.29 is 4.79 Å². The van der Waals surface area contributed by atoms with E-state index in [0.29, 0.717) is 23.9 Å². The third kappa shape index (κ3) is 3.85. The molecule has 29 heavy (non-hydrogen) atoms. The van der Waals surface area contributed by atoms with Crippen LogP contribution in [0.4, 0.5) is 5.69 Å². The van der Waals surface area contributed by atoms with Crippen molar-refractivity contribution in [3.05, 3.63) is 76.2 Å². The van der Waals surface area contributed by atoms with Gasteiger partial charge >= 0.3 is 0 Å². The number of nitrogens with zero attached hydrogens (tertiary/aromatic N) is 2. The summed E-state index contributed by atoms with van der Waals surface area (Å²) in [5.41, 5.74) is 4.30. The van der Waals surface area contributed by atoms with Crippen LogP contribution >= 0.6 is 11.8 Å². The van der Waals surface area contributed by atoms with Crippen molar-refractivity contribution in [3.8, 4) is 11.1 Å². The number of hydrogen-bond donors (Lipinski definition) is 1. The number of benzene rings is 2. The highest BCUT2D eigenvalue weighted by molar-refractivity contribution is 7.99. The number of carbonyl (C=O) groups excluding carboxylic acids is 1. The van der Waals surface area contributed by atoms with Gasteiger partial charge in [-0.05, 0) is 25.0 Å². The summed E-state index contributed by atoms with van der Waals surface area (Å²) in [4.78, 5) is 30.4. The van der Waals surface area contributed by atoms with Crippen LogP contribution in [0.5, 0.6) is 0 Å². The van der Waals surface area contributed by atoms with Crippen LogP contribution in [0, 0.1) is 12.8 Å². The third-order valence-electron chi connectivity index (χ3n) is 5.24. The summed E-state index contributed by atoms with van der Waals surface area (Å²) in [7, 11) is 0. The van der Waals surface area contributed by atoms with Crippen LogP contribution in [0.1, 0.15) is 18.2 Å². The average Bonchev–Trinajstić information content (AvgIpc) is 2.75. The molecule has 2 heterocycles. The Morgan fingerprint density at radius 1 is 1.17 bits per heavy atom. The van der Waals surface area contributed by atoms with Crippen LogP contribution in [0.25, 0.3) is 11.1 Å². The lowest BCUT2D eigenvalue weighted by molar-refractivity contribution is -0.119. The summed E-state index contributed by atoms with van der Waals surface area (Å²) >= 11 is 1.47. The molecule has 0 saturated carbocycles. The maximum Gasteiger partial charge on any atom is 0.257 e. The van der Waals surface area contributed by atoms with Crippen molar-refractivity contribution in [2.75, 3.05) is 11.1 Å². The summed E-state index contributed by atoms with van der Waals surface area (Å²) in [5.74, 6) is 0.247. The van der Waals surface area contributed by atoms with Gasteiger partial charge in [0.15, 0.2) is 5.16 Å². The molecule has 1 aliphatic rings. The molecule has 2 aromatic carbocycles. The molecule has 1 atom stereocenters. The smallest absolute Gasteiger partial charge is 0.257 e. The van der Waals surface area contributed by atoms with Gasteiger partial charge in [0.1, 0.15) is 0 Å². The topological polar surface area (TPSA) is 64.0 Å².